The van der Waals surface area contributed by atoms with Gasteiger partial charge in [0.2, 0.25) is 0 Å². The first-order valence-electron chi connectivity index (χ1n) is 9.74. The van der Waals surface area contributed by atoms with Gasteiger partial charge in [0.25, 0.3) is 10.0 Å². The van der Waals surface area contributed by atoms with Crippen molar-refractivity contribution in [2.24, 2.45) is 0 Å². The molecule has 0 N–H and O–H groups in total. The standard InChI is InChI=1S/C24H19Cl2NO2S/c1-15-6-9-18(10-7-15)30(28,29)27-23-5-3-2-4-20(23)21-12-16(13-24(21)27)19-11-8-17(25)14-22(19)26/h2-11,14,16H,12-13H2,1H3. The molecular weight excluding hydrogens is 437 g/mol. The van der Waals surface area contributed by atoms with Crippen molar-refractivity contribution in [3.8, 4) is 0 Å². The number of hydrogen-bond donors (Lipinski definition) is 0. The summed E-state index contributed by atoms with van der Waals surface area (Å²) in [5, 5.41) is 2.20. The summed E-state index contributed by atoms with van der Waals surface area (Å²) in [5.74, 6) is 0.115. The molecule has 30 heavy (non-hydrogen) atoms. The normalized spacial score (nSPS) is 16.2. The van der Waals surface area contributed by atoms with Gasteiger partial charge in [0, 0.05) is 21.1 Å². The predicted octanol–water partition coefficient (Wildman–Crippen LogP) is 6.38. The molecule has 4 aromatic rings. The molecule has 0 saturated heterocycles. The Bertz CT molecular complexity index is 1390. The third-order valence-electron chi connectivity index (χ3n) is 5.89. The Balaban J connectivity index is 1.68. The van der Waals surface area contributed by atoms with E-state index in [9.17, 15) is 8.42 Å². The Morgan fingerprint density at radius 2 is 1.67 bits per heavy atom. The molecule has 1 heterocycles. The molecular formula is C24H19Cl2NO2S. The van der Waals surface area contributed by atoms with Gasteiger partial charge in [0.05, 0.1) is 10.4 Å². The molecule has 5 rings (SSSR count). The van der Waals surface area contributed by atoms with Crippen LogP contribution < -0.4 is 0 Å². The average molecular weight is 456 g/mol. The van der Waals surface area contributed by atoms with Gasteiger partial charge in [-0.15, -0.1) is 0 Å². The van der Waals surface area contributed by atoms with Crippen molar-refractivity contribution in [2.45, 2.75) is 30.6 Å². The number of hydrogen-bond acceptors (Lipinski definition) is 2. The van der Waals surface area contributed by atoms with Gasteiger partial charge in [-0.2, -0.15) is 0 Å². The number of fused-ring (bicyclic) bond motifs is 3. The predicted molar refractivity (Wildman–Crippen MR) is 122 cm³/mol. The van der Waals surface area contributed by atoms with E-state index in [-0.39, 0.29) is 5.92 Å². The molecule has 0 radical (unpaired) electrons. The number of rotatable bonds is 3. The highest BCUT2D eigenvalue weighted by Crippen LogP contribution is 2.43. The molecule has 0 fully saturated rings. The number of benzene rings is 3. The SMILES string of the molecule is Cc1ccc(S(=O)(=O)n2c3c(c4ccccc42)CC(c2ccc(Cl)cc2Cl)C3)cc1. The van der Waals surface area contributed by atoms with E-state index in [1.807, 2.05) is 55.5 Å². The van der Waals surface area contributed by atoms with Crippen LogP contribution in [0.3, 0.4) is 0 Å². The van der Waals surface area contributed by atoms with Crippen LogP contribution in [0.25, 0.3) is 10.9 Å². The van der Waals surface area contributed by atoms with Crippen LogP contribution in [-0.4, -0.2) is 12.4 Å². The molecule has 1 aliphatic carbocycles. The molecule has 0 spiro atoms. The maximum atomic E-state index is 13.7. The fraction of sp³-hybridized carbons (Fsp3) is 0.167. The van der Waals surface area contributed by atoms with Crippen LogP contribution in [0.5, 0.6) is 0 Å². The highest BCUT2D eigenvalue weighted by Gasteiger charge is 2.34. The smallest absolute Gasteiger partial charge is 0.238 e. The summed E-state index contributed by atoms with van der Waals surface area (Å²) in [6, 6.07) is 20.2. The van der Waals surface area contributed by atoms with Crippen molar-refractivity contribution in [3.05, 3.63) is 99.2 Å². The first kappa shape index (κ1) is 19.7. The highest BCUT2D eigenvalue weighted by atomic mass is 35.5. The topological polar surface area (TPSA) is 39.1 Å². The Labute approximate surface area is 185 Å². The van der Waals surface area contributed by atoms with E-state index in [2.05, 4.69) is 0 Å². The molecule has 0 bridgehead atoms. The Morgan fingerprint density at radius 1 is 0.933 bits per heavy atom. The zero-order valence-electron chi connectivity index (χ0n) is 16.3. The molecule has 6 heteroatoms. The minimum Gasteiger partial charge on any atom is -0.238 e. The third-order valence-corrected chi connectivity index (χ3v) is 8.22. The summed E-state index contributed by atoms with van der Waals surface area (Å²) in [6.07, 6.45) is 1.35. The number of aromatic nitrogens is 1. The maximum Gasteiger partial charge on any atom is 0.268 e. The van der Waals surface area contributed by atoms with Crippen LogP contribution in [0, 0.1) is 6.92 Å². The van der Waals surface area contributed by atoms with Crippen molar-refractivity contribution < 1.29 is 8.42 Å². The first-order chi connectivity index (χ1) is 14.4. The average Bonchev–Trinajstić information content (AvgIpc) is 3.25. The van der Waals surface area contributed by atoms with Gasteiger partial charge >= 0.3 is 0 Å². The lowest BCUT2D eigenvalue weighted by molar-refractivity contribution is 0.586. The van der Waals surface area contributed by atoms with Crippen LogP contribution >= 0.6 is 23.2 Å². The number of nitrogens with zero attached hydrogens (tertiary/aromatic N) is 1. The maximum absolute atomic E-state index is 13.7. The van der Waals surface area contributed by atoms with E-state index in [1.54, 1.807) is 18.2 Å². The summed E-state index contributed by atoms with van der Waals surface area (Å²) in [7, 11) is -3.72. The second-order valence-corrected chi connectivity index (χ2v) is 10.4. The largest absolute Gasteiger partial charge is 0.268 e. The van der Waals surface area contributed by atoms with Crippen LogP contribution in [-0.2, 0) is 22.9 Å². The van der Waals surface area contributed by atoms with E-state index in [4.69, 9.17) is 23.2 Å². The second kappa shape index (κ2) is 7.16. The Morgan fingerprint density at radius 3 is 2.40 bits per heavy atom. The summed E-state index contributed by atoms with van der Waals surface area (Å²) < 4.78 is 28.8. The van der Waals surface area contributed by atoms with Crippen LogP contribution in [0.15, 0.2) is 71.6 Å². The van der Waals surface area contributed by atoms with E-state index < -0.39 is 10.0 Å². The van der Waals surface area contributed by atoms with Gasteiger partial charge in [-0.1, -0.05) is 65.2 Å². The van der Waals surface area contributed by atoms with Gasteiger partial charge in [-0.05, 0) is 67.1 Å². The van der Waals surface area contributed by atoms with E-state index >= 15 is 0 Å². The van der Waals surface area contributed by atoms with Crippen molar-refractivity contribution in [2.75, 3.05) is 0 Å². The molecule has 0 amide bonds. The van der Waals surface area contributed by atoms with E-state index in [1.165, 1.54) is 3.97 Å². The number of halogens is 2. The molecule has 1 aliphatic rings. The molecule has 0 saturated carbocycles. The Kier molecular flexibility index (Phi) is 4.69. The van der Waals surface area contributed by atoms with Crippen molar-refractivity contribution >= 4 is 44.1 Å². The van der Waals surface area contributed by atoms with Crippen molar-refractivity contribution in [1.29, 1.82) is 0 Å². The first-order valence-corrected chi connectivity index (χ1v) is 11.9. The van der Waals surface area contributed by atoms with Crippen molar-refractivity contribution in [3.63, 3.8) is 0 Å². The summed E-state index contributed by atoms with van der Waals surface area (Å²) in [6.45, 7) is 1.94. The number of para-hydroxylation sites is 1. The van der Waals surface area contributed by atoms with Crippen LogP contribution in [0.4, 0.5) is 0 Å². The quantitative estimate of drug-likeness (QED) is 0.359. The molecule has 152 valence electrons. The monoisotopic (exact) mass is 455 g/mol. The molecule has 1 atom stereocenters. The van der Waals surface area contributed by atoms with E-state index in [0.29, 0.717) is 21.4 Å². The van der Waals surface area contributed by atoms with Gasteiger partial charge in [-0.3, -0.25) is 0 Å². The summed E-state index contributed by atoms with van der Waals surface area (Å²) in [5.41, 5.74) is 4.67. The van der Waals surface area contributed by atoms with Gasteiger partial charge in [-0.25, -0.2) is 12.4 Å². The zero-order valence-corrected chi connectivity index (χ0v) is 18.6. The molecule has 1 unspecified atom stereocenters. The fourth-order valence-corrected chi connectivity index (χ4v) is 6.60. The lowest BCUT2D eigenvalue weighted by atomic mass is 9.95. The molecule has 3 aromatic carbocycles. The molecule has 3 nitrogen and oxygen atoms in total. The second-order valence-electron chi connectivity index (χ2n) is 7.80. The highest BCUT2D eigenvalue weighted by molar-refractivity contribution is 7.90. The lowest BCUT2D eigenvalue weighted by Crippen LogP contribution is -2.16. The molecule has 1 aromatic heterocycles. The minimum atomic E-state index is -3.72. The molecule has 0 aliphatic heterocycles. The van der Waals surface area contributed by atoms with Gasteiger partial charge in [0.1, 0.15) is 0 Å². The third kappa shape index (κ3) is 3.06. The minimum absolute atomic E-state index is 0.115. The van der Waals surface area contributed by atoms with Crippen LogP contribution in [0.2, 0.25) is 10.0 Å². The Hall–Kier alpha value is -2.27. The summed E-state index contributed by atoms with van der Waals surface area (Å²) in [4.78, 5) is 0.296. The van der Waals surface area contributed by atoms with Gasteiger partial charge < -0.3 is 0 Å². The number of aryl methyl sites for hydroxylation is 1. The van der Waals surface area contributed by atoms with E-state index in [0.717, 1.165) is 39.7 Å². The summed E-state index contributed by atoms with van der Waals surface area (Å²) >= 11 is 12.5. The lowest BCUT2D eigenvalue weighted by Gasteiger charge is -2.15. The van der Waals surface area contributed by atoms with Crippen molar-refractivity contribution in [1.82, 2.24) is 3.97 Å². The van der Waals surface area contributed by atoms with Crippen LogP contribution in [0.1, 0.15) is 28.3 Å². The van der Waals surface area contributed by atoms with Gasteiger partial charge in [0.15, 0.2) is 0 Å². The fourth-order valence-electron chi connectivity index (χ4n) is 4.46. The zero-order chi connectivity index (χ0) is 21.0.